The molecule has 0 aliphatic heterocycles. The van der Waals surface area contributed by atoms with Crippen molar-refractivity contribution in [2.75, 3.05) is 13.7 Å². The number of nitrogens with zero attached hydrogens (tertiary/aromatic N) is 3. The van der Waals surface area contributed by atoms with E-state index in [0.29, 0.717) is 12.6 Å². The molecule has 0 unspecified atom stereocenters. The van der Waals surface area contributed by atoms with Gasteiger partial charge in [0.1, 0.15) is 6.73 Å². The first kappa shape index (κ1) is 17.6. The molecule has 2 aromatic heterocycles. The van der Waals surface area contributed by atoms with E-state index in [1.165, 1.54) is 0 Å². The number of ether oxygens (including phenoxy) is 2. The molecule has 1 aromatic carbocycles. The van der Waals surface area contributed by atoms with Crippen LogP contribution in [0.1, 0.15) is 0 Å². The van der Waals surface area contributed by atoms with Gasteiger partial charge in [-0.15, -0.1) is 0 Å². The second-order valence-corrected chi connectivity index (χ2v) is 13.0. The number of methoxy groups -OCH3 is 1. The Morgan fingerprint density at radius 2 is 1.96 bits per heavy atom. The van der Waals surface area contributed by atoms with E-state index in [1.807, 2.05) is 41.3 Å². The molecule has 6 heteroatoms. The molecule has 0 bridgehead atoms. The van der Waals surface area contributed by atoms with Crippen LogP contribution in [0, 0.1) is 0 Å². The third-order valence-corrected chi connectivity index (χ3v) is 5.77. The molecule has 0 radical (unpaired) electrons. The number of rotatable bonds is 7. The molecule has 2 heterocycles. The van der Waals surface area contributed by atoms with Crippen LogP contribution in [0.25, 0.3) is 22.0 Å². The largest absolute Gasteiger partial charge is 0.481 e. The summed E-state index contributed by atoms with van der Waals surface area (Å²) in [5.74, 6) is 0.604. The van der Waals surface area contributed by atoms with Gasteiger partial charge in [-0.2, -0.15) is 5.10 Å². The molecule has 0 atom stereocenters. The minimum absolute atomic E-state index is 0.477. The number of hydrogen-bond acceptors (Lipinski definition) is 4. The lowest BCUT2D eigenvalue weighted by Gasteiger charge is -2.15. The summed E-state index contributed by atoms with van der Waals surface area (Å²) in [7, 11) is 0.576. The minimum atomic E-state index is -1.06. The fourth-order valence-corrected chi connectivity index (χ4v) is 3.36. The van der Waals surface area contributed by atoms with Gasteiger partial charge in [-0.1, -0.05) is 37.8 Å². The third-order valence-electron chi connectivity index (χ3n) is 4.07. The Labute approximate surface area is 149 Å². The van der Waals surface area contributed by atoms with Crippen LogP contribution < -0.4 is 4.74 Å². The maximum absolute atomic E-state index is 5.78. The average Bonchev–Trinajstić information content (AvgIpc) is 3.05. The van der Waals surface area contributed by atoms with E-state index in [2.05, 4.69) is 35.8 Å². The van der Waals surface area contributed by atoms with E-state index in [0.717, 1.165) is 34.7 Å². The molecule has 0 aliphatic carbocycles. The molecule has 3 rings (SSSR count). The fraction of sp³-hybridized carbons (Fsp3) is 0.368. The van der Waals surface area contributed by atoms with Gasteiger partial charge in [-0.3, -0.25) is 0 Å². The van der Waals surface area contributed by atoms with Gasteiger partial charge in [-0.05, 0) is 17.7 Å². The number of benzene rings is 1. The zero-order valence-corrected chi connectivity index (χ0v) is 16.3. The molecule has 132 valence electrons. The summed E-state index contributed by atoms with van der Waals surface area (Å²) in [5, 5.41) is 5.52. The highest BCUT2D eigenvalue weighted by atomic mass is 28.3. The maximum atomic E-state index is 5.78. The van der Waals surface area contributed by atoms with E-state index in [9.17, 15) is 0 Å². The summed E-state index contributed by atoms with van der Waals surface area (Å²) in [4.78, 5) is 4.50. The zero-order valence-electron chi connectivity index (χ0n) is 15.3. The lowest BCUT2D eigenvalue weighted by molar-refractivity contribution is 0.0786. The summed E-state index contributed by atoms with van der Waals surface area (Å²) in [5.41, 5.74) is 3.01. The van der Waals surface area contributed by atoms with Crippen molar-refractivity contribution in [2.45, 2.75) is 32.4 Å². The van der Waals surface area contributed by atoms with Gasteiger partial charge < -0.3 is 9.47 Å². The first-order valence-corrected chi connectivity index (χ1v) is 12.2. The topological polar surface area (TPSA) is 49.2 Å². The highest BCUT2D eigenvalue weighted by molar-refractivity contribution is 6.76. The number of fused-ring (bicyclic) bond motifs is 1. The smallest absolute Gasteiger partial charge is 0.214 e. The second kappa shape index (κ2) is 7.37. The van der Waals surface area contributed by atoms with Crippen LogP contribution >= 0.6 is 0 Å². The Hall–Kier alpha value is -2.18. The van der Waals surface area contributed by atoms with Crippen LogP contribution in [0.2, 0.25) is 25.7 Å². The summed E-state index contributed by atoms with van der Waals surface area (Å²) in [6.07, 6.45) is 3.87. The van der Waals surface area contributed by atoms with Crippen LogP contribution in [0.15, 0.2) is 42.7 Å². The van der Waals surface area contributed by atoms with Crippen molar-refractivity contribution in [2.24, 2.45) is 0 Å². The number of aromatic nitrogens is 3. The molecule has 0 spiro atoms. The molecule has 0 saturated heterocycles. The Morgan fingerprint density at radius 1 is 1.16 bits per heavy atom. The summed E-state index contributed by atoms with van der Waals surface area (Å²) < 4.78 is 13.0. The molecule has 5 nitrogen and oxygen atoms in total. The van der Waals surface area contributed by atoms with Crippen molar-refractivity contribution >= 4 is 19.0 Å². The van der Waals surface area contributed by atoms with Crippen LogP contribution in [-0.4, -0.2) is 36.6 Å². The molecule has 0 aliphatic rings. The van der Waals surface area contributed by atoms with Crippen LogP contribution in [-0.2, 0) is 11.5 Å². The normalized spacial score (nSPS) is 11.8. The van der Waals surface area contributed by atoms with Crippen LogP contribution in [0.4, 0.5) is 0 Å². The molecular weight excluding hydrogens is 330 g/mol. The highest BCUT2D eigenvalue weighted by Gasteiger charge is 2.13. The predicted octanol–water partition coefficient (Wildman–Crippen LogP) is 4.42. The van der Waals surface area contributed by atoms with E-state index >= 15 is 0 Å². The lowest BCUT2D eigenvalue weighted by Crippen LogP contribution is -2.22. The van der Waals surface area contributed by atoms with Gasteiger partial charge in [0, 0.05) is 37.9 Å². The second-order valence-electron chi connectivity index (χ2n) is 7.35. The molecule has 25 heavy (non-hydrogen) atoms. The Balaban J connectivity index is 1.79. The van der Waals surface area contributed by atoms with Crippen molar-refractivity contribution in [3.05, 3.63) is 42.7 Å². The Kier molecular flexibility index (Phi) is 5.20. The Bertz CT molecular complexity index is 855. The van der Waals surface area contributed by atoms with Crippen molar-refractivity contribution in [1.29, 1.82) is 0 Å². The van der Waals surface area contributed by atoms with Crippen molar-refractivity contribution in [3.8, 4) is 17.0 Å². The monoisotopic (exact) mass is 355 g/mol. The molecule has 0 amide bonds. The molecular formula is C19H25N3O2Si. The van der Waals surface area contributed by atoms with E-state index < -0.39 is 8.07 Å². The van der Waals surface area contributed by atoms with Gasteiger partial charge in [0.05, 0.1) is 18.8 Å². The number of pyridine rings is 1. The minimum Gasteiger partial charge on any atom is -0.481 e. The first-order valence-electron chi connectivity index (χ1n) is 8.51. The molecule has 0 fully saturated rings. The number of hydrogen-bond donors (Lipinski definition) is 0. The van der Waals surface area contributed by atoms with Gasteiger partial charge >= 0.3 is 0 Å². The van der Waals surface area contributed by atoms with Crippen molar-refractivity contribution in [3.63, 3.8) is 0 Å². The van der Waals surface area contributed by atoms with Gasteiger partial charge in [0.15, 0.2) is 0 Å². The van der Waals surface area contributed by atoms with Gasteiger partial charge in [-0.25, -0.2) is 9.67 Å². The highest BCUT2D eigenvalue weighted by Crippen LogP contribution is 2.30. The SMILES string of the molecule is COc1cc(-c2cnn(COCC[Si](C)(C)C)c2)c2ccccc2n1. The van der Waals surface area contributed by atoms with E-state index in [-0.39, 0.29) is 0 Å². The standard InChI is InChI=1S/C19H25N3O2Si/c1-23-19-11-17(16-7-5-6-8-18(16)21-19)15-12-20-22(13-15)14-24-9-10-25(2,3)4/h5-8,11-13H,9-10,14H2,1-4H3. The quantitative estimate of drug-likeness (QED) is 0.465. The van der Waals surface area contributed by atoms with Crippen LogP contribution in [0.5, 0.6) is 5.88 Å². The molecule has 0 saturated carbocycles. The predicted molar refractivity (Wildman–Crippen MR) is 104 cm³/mol. The van der Waals surface area contributed by atoms with Crippen molar-refractivity contribution in [1.82, 2.24) is 14.8 Å². The van der Waals surface area contributed by atoms with Gasteiger partial charge in [0.25, 0.3) is 0 Å². The average molecular weight is 356 g/mol. The first-order chi connectivity index (χ1) is 12.0. The van der Waals surface area contributed by atoms with Crippen LogP contribution in [0.3, 0.4) is 0 Å². The molecule has 3 aromatic rings. The summed E-state index contributed by atoms with van der Waals surface area (Å²) in [6, 6.07) is 11.2. The summed E-state index contributed by atoms with van der Waals surface area (Å²) in [6.45, 7) is 8.32. The lowest BCUT2D eigenvalue weighted by atomic mass is 10.0. The zero-order chi connectivity index (χ0) is 17.9. The van der Waals surface area contributed by atoms with E-state index in [4.69, 9.17) is 9.47 Å². The maximum Gasteiger partial charge on any atom is 0.214 e. The molecule has 0 N–H and O–H groups in total. The number of para-hydroxylation sites is 1. The third kappa shape index (κ3) is 4.46. The van der Waals surface area contributed by atoms with Gasteiger partial charge in [0.2, 0.25) is 5.88 Å². The Morgan fingerprint density at radius 3 is 2.72 bits per heavy atom. The van der Waals surface area contributed by atoms with E-state index in [1.54, 1.807) is 7.11 Å². The van der Waals surface area contributed by atoms with Crippen molar-refractivity contribution < 1.29 is 9.47 Å². The fourth-order valence-electron chi connectivity index (χ4n) is 2.60. The summed E-state index contributed by atoms with van der Waals surface area (Å²) >= 11 is 0.